The van der Waals surface area contributed by atoms with Crippen molar-refractivity contribution in [2.24, 2.45) is 5.73 Å². The molecular weight excluding hydrogens is 590 g/mol. The van der Waals surface area contributed by atoms with Crippen LogP contribution in [0.2, 0.25) is 0 Å². The van der Waals surface area contributed by atoms with Crippen LogP contribution in [0.3, 0.4) is 0 Å². The summed E-state index contributed by atoms with van der Waals surface area (Å²) in [5.41, 5.74) is 5.54. The van der Waals surface area contributed by atoms with E-state index in [1.54, 1.807) is 5.32 Å². The SMILES string of the molecule is N[C@@H](CCC(=O)O)C(=O)N[C@@H](CC(=O)O)C(=O)N[C@@H](CCC(=O)O)C(=O)N[C@@H](CC(=O)O)C(=O)N[C@@H](CC(=O)O)C(=O)O. The van der Waals surface area contributed by atoms with Gasteiger partial charge >= 0.3 is 35.8 Å². The predicted molar refractivity (Wildman–Crippen MR) is 134 cm³/mol. The van der Waals surface area contributed by atoms with E-state index in [1.165, 1.54) is 0 Å². The molecule has 43 heavy (non-hydrogen) atoms. The molecule has 0 aromatic carbocycles. The Bertz CT molecular complexity index is 1120. The fourth-order valence-electron chi connectivity index (χ4n) is 3.18. The van der Waals surface area contributed by atoms with E-state index in [9.17, 15) is 47.9 Å². The molecule has 21 nitrogen and oxygen atoms in total. The first-order valence-corrected chi connectivity index (χ1v) is 12.1. The Kier molecular flexibility index (Phi) is 15.9. The molecule has 0 radical (unpaired) electrons. The van der Waals surface area contributed by atoms with Crippen molar-refractivity contribution in [2.75, 3.05) is 0 Å². The summed E-state index contributed by atoms with van der Waals surface area (Å²) in [6.07, 6.45) is -5.84. The Balaban J connectivity index is 5.97. The molecule has 0 fully saturated rings. The van der Waals surface area contributed by atoms with Gasteiger partial charge in [0.15, 0.2) is 0 Å². The van der Waals surface area contributed by atoms with Crippen LogP contribution in [0.15, 0.2) is 0 Å². The van der Waals surface area contributed by atoms with Crippen molar-refractivity contribution in [1.82, 2.24) is 21.3 Å². The zero-order valence-corrected chi connectivity index (χ0v) is 22.2. The Hall–Kier alpha value is -5.34. The third-order valence-corrected chi connectivity index (χ3v) is 5.30. The maximum atomic E-state index is 12.9. The Labute approximate surface area is 240 Å². The lowest BCUT2D eigenvalue weighted by molar-refractivity contribution is -0.148. The molecule has 0 aromatic rings. The van der Waals surface area contributed by atoms with E-state index in [1.807, 2.05) is 16.0 Å². The summed E-state index contributed by atoms with van der Waals surface area (Å²) in [5, 5.41) is 61.4. The summed E-state index contributed by atoms with van der Waals surface area (Å²) < 4.78 is 0. The van der Waals surface area contributed by atoms with Gasteiger partial charge in [-0.1, -0.05) is 0 Å². The number of carboxylic acid groups (broad SMARTS) is 6. The average Bonchev–Trinajstić information content (AvgIpc) is 2.86. The number of amides is 4. The van der Waals surface area contributed by atoms with E-state index in [0.29, 0.717) is 0 Å². The molecule has 0 aliphatic carbocycles. The second-order valence-corrected chi connectivity index (χ2v) is 8.85. The largest absolute Gasteiger partial charge is 0.481 e. The number of carbonyl (C=O) groups is 10. The van der Waals surface area contributed by atoms with E-state index in [4.69, 9.17) is 36.4 Å². The number of nitrogens with two attached hydrogens (primary N) is 1. The Morgan fingerprint density at radius 1 is 0.442 bits per heavy atom. The lowest BCUT2D eigenvalue weighted by Gasteiger charge is -2.25. The van der Waals surface area contributed by atoms with E-state index < -0.39 is 135 Å². The molecule has 0 rings (SSSR count). The van der Waals surface area contributed by atoms with Crippen LogP contribution in [0.4, 0.5) is 0 Å². The maximum absolute atomic E-state index is 12.9. The van der Waals surface area contributed by atoms with Gasteiger partial charge in [0, 0.05) is 12.8 Å². The monoisotopic (exact) mass is 621 g/mol. The number of carbonyl (C=O) groups excluding carboxylic acids is 4. The van der Waals surface area contributed by atoms with Crippen molar-refractivity contribution in [2.45, 2.75) is 75.2 Å². The van der Waals surface area contributed by atoms with Gasteiger partial charge in [-0.25, -0.2) is 4.79 Å². The summed E-state index contributed by atoms with van der Waals surface area (Å²) in [4.78, 5) is 117. The van der Waals surface area contributed by atoms with Crippen LogP contribution in [0, 0.1) is 0 Å². The molecule has 21 heteroatoms. The van der Waals surface area contributed by atoms with Gasteiger partial charge < -0.3 is 57.6 Å². The first kappa shape index (κ1) is 37.7. The highest BCUT2D eigenvalue weighted by Gasteiger charge is 2.34. The molecule has 0 bridgehead atoms. The lowest BCUT2D eigenvalue weighted by atomic mass is 10.1. The molecule has 0 spiro atoms. The molecule has 0 saturated carbocycles. The normalized spacial score (nSPS) is 14.0. The zero-order chi connectivity index (χ0) is 33.4. The second-order valence-electron chi connectivity index (χ2n) is 8.85. The third-order valence-electron chi connectivity index (χ3n) is 5.30. The minimum Gasteiger partial charge on any atom is -0.481 e. The van der Waals surface area contributed by atoms with Crippen molar-refractivity contribution in [1.29, 1.82) is 0 Å². The van der Waals surface area contributed by atoms with Crippen molar-refractivity contribution < 1.29 is 78.6 Å². The highest BCUT2D eigenvalue weighted by Crippen LogP contribution is 2.05. The molecular formula is C22H31N5O16. The molecule has 240 valence electrons. The molecule has 0 heterocycles. The molecule has 0 aromatic heterocycles. The van der Waals surface area contributed by atoms with Crippen LogP contribution in [-0.2, 0) is 47.9 Å². The van der Waals surface area contributed by atoms with Crippen molar-refractivity contribution in [3.05, 3.63) is 0 Å². The summed E-state index contributed by atoms with van der Waals surface area (Å²) >= 11 is 0. The minimum atomic E-state index is -2.06. The summed E-state index contributed by atoms with van der Waals surface area (Å²) in [7, 11) is 0. The Morgan fingerprint density at radius 3 is 1.16 bits per heavy atom. The predicted octanol–water partition coefficient (Wildman–Crippen LogP) is -4.51. The molecule has 0 unspecified atom stereocenters. The fourth-order valence-corrected chi connectivity index (χ4v) is 3.18. The molecule has 5 atom stereocenters. The van der Waals surface area contributed by atoms with Gasteiger partial charge in [-0.05, 0) is 12.8 Å². The van der Waals surface area contributed by atoms with Crippen molar-refractivity contribution >= 4 is 59.4 Å². The van der Waals surface area contributed by atoms with Crippen LogP contribution in [0.1, 0.15) is 44.9 Å². The van der Waals surface area contributed by atoms with Crippen LogP contribution in [-0.4, -0.2) is 120 Å². The number of nitrogens with one attached hydrogen (secondary N) is 4. The highest BCUT2D eigenvalue weighted by atomic mass is 16.4. The van der Waals surface area contributed by atoms with Crippen molar-refractivity contribution in [3.8, 4) is 0 Å². The van der Waals surface area contributed by atoms with Crippen LogP contribution in [0.5, 0.6) is 0 Å². The third kappa shape index (κ3) is 15.9. The van der Waals surface area contributed by atoms with Crippen LogP contribution < -0.4 is 27.0 Å². The first-order chi connectivity index (χ1) is 19.8. The molecule has 0 saturated heterocycles. The summed E-state index contributed by atoms with van der Waals surface area (Å²) in [6.45, 7) is 0. The standard InChI is InChI=1S/C22H31N5O16/c23-8(1-3-13(28)29)18(38)25-10(5-15(32)33)20(40)24-9(2-4-14(30)31)19(39)26-11(6-16(34)35)21(41)27-12(22(42)43)7-17(36)37/h8-12H,1-7,23H2,(H,24,40)(H,25,38)(H,26,39)(H,27,41)(H,28,29)(H,30,31)(H,32,33)(H,34,35)(H,36,37)(H,42,43)/t8-,9-,10-,11-,12-/m0/s1. The maximum Gasteiger partial charge on any atom is 0.326 e. The lowest BCUT2D eigenvalue weighted by Crippen LogP contribution is -2.59. The minimum absolute atomic E-state index is 0.394. The van der Waals surface area contributed by atoms with E-state index in [2.05, 4.69) is 0 Å². The van der Waals surface area contributed by atoms with Gasteiger partial charge in [-0.15, -0.1) is 0 Å². The van der Waals surface area contributed by atoms with Gasteiger partial charge in [-0.2, -0.15) is 0 Å². The molecule has 0 aliphatic heterocycles. The number of carboxylic acids is 6. The summed E-state index contributed by atoms with van der Waals surface area (Å²) in [6, 6.07) is -9.41. The number of hydrogen-bond acceptors (Lipinski definition) is 11. The Morgan fingerprint density at radius 2 is 0.767 bits per heavy atom. The van der Waals surface area contributed by atoms with Crippen LogP contribution >= 0.6 is 0 Å². The molecule has 4 amide bonds. The van der Waals surface area contributed by atoms with Gasteiger partial charge in [0.1, 0.15) is 24.2 Å². The van der Waals surface area contributed by atoms with Gasteiger partial charge in [0.25, 0.3) is 0 Å². The van der Waals surface area contributed by atoms with Crippen molar-refractivity contribution in [3.63, 3.8) is 0 Å². The topological polar surface area (TPSA) is 366 Å². The molecule has 0 aliphatic rings. The number of rotatable bonds is 21. The smallest absolute Gasteiger partial charge is 0.326 e. The van der Waals surface area contributed by atoms with Gasteiger partial charge in [-0.3, -0.25) is 43.2 Å². The second kappa shape index (κ2) is 18.2. The number of hydrogen-bond donors (Lipinski definition) is 11. The highest BCUT2D eigenvalue weighted by molar-refractivity contribution is 5.97. The quantitative estimate of drug-likeness (QED) is 0.0575. The van der Waals surface area contributed by atoms with E-state index >= 15 is 0 Å². The van der Waals surface area contributed by atoms with Gasteiger partial charge in [0.05, 0.1) is 25.3 Å². The van der Waals surface area contributed by atoms with Gasteiger partial charge in [0.2, 0.25) is 23.6 Å². The van der Waals surface area contributed by atoms with E-state index in [0.717, 1.165) is 0 Å². The van der Waals surface area contributed by atoms with Crippen LogP contribution in [0.25, 0.3) is 0 Å². The van der Waals surface area contributed by atoms with E-state index in [-0.39, 0.29) is 0 Å². The summed E-state index contributed by atoms with van der Waals surface area (Å²) in [5.74, 6) is -14.9. The fraction of sp³-hybridized carbons (Fsp3) is 0.545. The molecule has 12 N–H and O–H groups in total. The zero-order valence-electron chi connectivity index (χ0n) is 22.2. The number of aliphatic carboxylic acids is 6. The average molecular weight is 622 g/mol. The first-order valence-electron chi connectivity index (χ1n) is 12.1.